The van der Waals surface area contributed by atoms with Crippen LogP contribution in [0, 0.1) is 11.8 Å². The summed E-state index contributed by atoms with van der Waals surface area (Å²) in [6.45, 7) is 2.11. The van der Waals surface area contributed by atoms with Crippen LogP contribution in [0.25, 0.3) is 0 Å². The summed E-state index contributed by atoms with van der Waals surface area (Å²) in [6, 6.07) is 0. The summed E-state index contributed by atoms with van der Waals surface area (Å²) in [6.07, 6.45) is 12.1. The maximum atomic E-state index is 12.1. The predicted octanol–water partition coefficient (Wildman–Crippen LogP) is 3.25. The zero-order valence-electron chi connectivity index (χ0n) is 15.1. The molecule has 1 rings (SSSR count). The average Bonchev–Trinajstić information content (AvgIpc) is 2.82. The van der Waals surface area contributed by atoms with E-state index < -0.39 is 18.2 Å². The fraction of sp³-hybridized carbons (Fsp3) is 0.700. The van der Waals surface area contributed by atoms with E-state index in [1.54, 1.807) is 12.2 Å². The van der Waals surface area contributed by atoms with Crippen LogP contribution in [0.1, 0.15) is 64.7 Å². The number of rotatable bonds is 12. The summed E-state index contributed by atoms with van der Waals surface area (Å²) in [7, 11) is 0. The van der Waals surface area contributed by atoms with Gasteiger partial charge in [-0.15, -0.1) is 0 Å². The van der Waals surface area contributed by atoms with E-state index in [0.29, 0.717) is 25.7 Å². The topological polar surface area (TPSA) is 94.8 Å². The van der Waals surface area contributed by atoms with Gasteiger partial charge in [-0.05, 0) is 25.7 Å². The number of aliphatic hydroxyl groups is 2. The van der Waals surface area contributed by atoms with Crippen molar-refractivity contribution < 1.29 is 24.9 Å². The first-order chi connectivity index (χ1) is 12.0. The van der Waals surface area contributed by atoms with Gasteiger partial charge >= 0.3 is 5.97 Å². The lowest BCUT2D eigenvalue weighted by Crippen LogP contribution is -2.19. The molecule has 5 nitrogen and oxygen atoms in total. The molecule has 0 aliphatic heterocycles. The molecule has 4 atom stereocenters. The minimum absolute atomic E-state index is 0.0220. The van der Waals surface area contributed by atoms with Gasteiger partial charge in [0, 0.05) is 24.7 Å². The number of ketones is 1. The molecule has 0 aromatic rings. The number of hydrogen-bond donors (Lipinski definition) is 3. The monoisotopic (exact) mass is 352 g/mol. The molecule has 1 aliphatic carbocycles. The number of Topliss-reactive ketones (excluding diaryl/α,β-unsaturated/α-hetero) is 1. The second-order valence-corrected chi connectivity index (χ2v) is 6.87. The van der Waals surface area contributed by atoms with Crippen LogP contribution >= 0.6 is 0 Å². The molecule has 142 valence electrons. The van der Waals surface area contributed by atoms with Gasteiger partial charge in [-0.1, -0.05) is 50.5 Å². The third kappa shape index (κ3) is 8.45. The molecule has 0 saturated heterocycles. The van der Waals surface area contributed by atoms with Gasteiger partial charge in [0.05, 0.1) is 12.2 Å². The van der Waals surface area contributed by atoms with E-state index in [9.17, 15) is 19.8 Å². The van der Waals surface area contributed by atoms with Crippen LogP contribution in [0.4, 0.5) is 0 Å². The number of carbonyl (C=O) groups excluding carboxylic acids is 1. The Hall–Kier alpha value is -1.46. The van der Waals surface area contributed by atoms with Gasteiger partial charge in [0.2, 0.25) is 0 Å². The normalized spacial score (nSPS) is 25.2. The Kier molecular flexibility index (Phi) is 10.3. The van der Waals surface area contributed by atoms with Crippen molar-refractivity contribution in [2.75, 3.05) is 0 Å². The lowest BCUT2D eigenvalue weighted by atomic mass is 9.90. The van der Waals surface area contributed by atoms with Crippen LogP contribution in [0.2, 0.25) is 0 Å². The Morgan fingerprint density at radius 1 is 1.28 bits per heavy atom. The Morgan fingerprint density at radius 3 is 2.72 bits per heavy atom. The fourth-order valence-electron chi connectivity index (χ4n) is 3.22. The molecule has 0 radical (unpaired) electrons. The Morgan fingerprint density at radius 2 is 2.04 bits per heavy atom. The Labute approximate surface area is 150 Å². The zero-order valence-corrected chi connectivity index (χ0v) is 15.1. The molecular formula is C20H32O5. The predicted molar refractivity (Wildman–Crippen MR) is 97.1 cm³/mol. The Balaban J connectivity index is 2.48. The maximum Gasteiger partial charge on any atom is 0.303 e. The molecule has 1 saturated carbocycles. The van der Waals surface area contributed by atoms with Crippen molar-refractivity contribution in [1.29, 1.82) is 0 Å². The van der Waals surface area contributed by atoms with Crippen molar-refractivity contribution in [1.82, 2.24) is 0 Å². The van der Waals surface area contributed by atoms with Crippen molar-refractivity contribution in [2.45, 2.75) is 76.9 Å². The van der Waals surface area contributed by atoms with Crippen LogP contribution in [0.15, 0.2) is 24.3 Å². The summed E-state index contributed by atoms with van der Waals surface area (Å²) in [4.78, 5) is 22.5. The van der Waals surface area contributed by atoms with Crippen LogP contribution in [0.3, 0.4) is 0 Å². The Bertz CT molecular complexity index is 469. The van der Waals surface area contributed by atoms with Gasteiger partial charge in [-0.3, -0.25) is 9.59 Å². The SMILES string of the molecule is CCCCC[C@H](O)/C=C/[C@@H]1C(=O)C[C@H](O)[C@@H]1C/C=C\CCCC(=O)O. The number of carboxylic acids is 1. The number of carboxylic acid groups (broad SMARTS) is 1. The molecule has 25 heavy (non-hydrogen) atoms. The van der Waals surface area contributed by atoms with Crippen molar-refractivity contribution in [2.24, 2.45) is 11.8 Å². The van der Waals surface area contributed by atoms with Gasteiger partial charge in [0.15, 0.2) is 0 Å². The van der Waals surface area contributed by atoms with Crippen molar-refractivity contribution in [3.8, 4) is 0 Å². The molecule has 0 aromatic carbocycles. The van der Waals surface area contributed by atoms with Gasteiger partial charge in [0.25, 0.3) is 0 Å². The highest BCUT2D eigenvalue weighted by molar-refractivity contribution is 5.86. The van der Waals surface area contributed by atoms with Crippen molar-refractivity contribution >= 4 is 11.8 Å². The van der Waals surface area contributed by atoms with Gasteiger partial charge < -0.3 is 15.3 Å². The molecule has 5 heteroatoms. The van der Waals surface area contributed by atoms with E-state index in [1.165, 1.54) is 0 Å². The highest BCUT2D eigenvalue weighted by Gasteiger charge is 2.39. The van der Waals surface area contributed by atoms with E-state index in [2.05, 4.69) is 6.92 Å². The third-order valence-electron chi connectivity index (χ3n) is 4.72. The number of aliphatic hydroxyl groups excluding tert-OH is 2. The number of carbonyl (C=O) groups is 2. The van der Waals surface area contributed by atoms with Crippen LogP contribution in [-0.4, -0.2) is 39.3 Å². The molecule has 0 unspecified atom stereocenters. The van der Waals surface area contributed by atoms with Crippen molar-refractivity contribution in [3.05, 3.63) is 24.3 Å². The number of unbranched alkanes of at least 4 members (excludes halogenated alkanes) is 3. The maximum absolute atomic E-state index is 12.1. The molecule has 0 amide bonds. The van der Waals surface area contributed by atoms with E-state index >= 15 is 0 Å². The van der Waals surface area contributed by atoms with Crippen molar-refractivity contribution in [3.63, 3.8) is 0 Å². The smallest absolute Gasteiger partial charge is 0.303 e. The fourth-order valence-corrected chi connectivity index (χ4v) is 3.22. The molecule has 0 heterocycles. The molecule has 0 aromatic heterocycles. The second-order valence-electron chi connectivity index (χ2n) is 6.87. The van der Waals surface area contributed by atoms with Gasteiger partial charge in [0.1, 0.15) is 5.78 Å². The lowest BCUT2D eigenvalue weighted by molar-refractivity contribution is -0.137. The highest BCUT2D eigenvalue weighted by Crippen LogP contribution is 2.33. The number of allylic oxidation sites excluding steroid dienone is 3. The zero-order chi connectivity index (χ0) is 18.7. The average molecular weight is 352 g/mol. The minimum Gasteiger partial charge on any atom is -0.481 e. The second kappa shape index (κ2) is 12.0. The third-order valence-corrected chi connectivity index (χ3v) is 4.72. The summed E-state index contributed by atoms with van der Waals surface area (Å²) in [5, 5.41) is 28.7. The first kappa shape index (κ1) is 21.6. The van der Waals surface area contributed by atoms with Gasteiger partial charge in [-0.25, -0.2) is 0 Å². The quantitative estimate of drug-likeness (QED) is 0.370. The van der Waals surface area contributed by atoms with E-state index in [0.717, 1.165) is 19.3 Å². The van der Waals surface area contributed by atoms with Crippen LogP contribution in [-0.2, 0) is 9.59 Å². The van der Waals surface area contributed by atoms with E-state index in [-0.39, 0.29) is 30.5 Å². The summed E-state index contributed by atoms with van der Waals surface area (Å²) < 4.78 is 0. The molecular weight excluding hydrogens is 320 g/mol. The largest absolute Gasteiger partial charge is 0.481 e. The molecule has 1 aliphatic rings. The molecule has 0 bridgehead atoms. The summed E-state index contributed by atoms with van der Waals surface area (Å²) in [5.41, 5.74) is 0. The minimum atomic E-state index is -0.798. The standard InChI is InChI=1S/C20H32O5/c1-2-3-6-9-15(21)12-13-17-16(18(22)14-19(17)23)10-7-4-5-8-11-20(24)25/h4,7,12-13,15-18,21-22H,2-3,5-6,8-11,14H2,1H3,(H,24,25)/b7-4-,13-12+/t15-,16+,17-,18-/m0/s1. The van der Waals surface area contributed by atoms with E-state index in [1.807, 2.05) is 12.2 Å². The number of aliphatic carboxylic acids is 1. The lowest BCUT2D eigenvalue weighted by Gasteiger charge is -2.17. The summed E-state index contributed by atoms with van der Waals surface area (Å²) >= 11 is 0. The highest BCUT2D eigenvalue weighted by atomic mass is 16.4. The van der Waals surface area contributed by atoms with Gasteiger partial charge in [-0.2, -0.15) is 0 Å². The summed E-state index contributed by atoms with van der Waals surface area (Å²) in [5.74, 6) is -1.29. The first-order valence-electron chi connectivity index (χ1n) is 9.39. The van der Waals surface area contributed by atoms with Crippen LogP contribution in [0.5, 0.6) is 0 Å². The first-order valence-corrected chi connectivity index (χ1v) is 9.39. The molecule has 1 fully saturated rings. The number of hydrogen-bond acceptors (Lipinski definition) is 4. The molecule has 3 N–H and O–H groups in total. The van der Waals surface area contributed by atoms with E-state index in [4.69, 9.17) is 5.11 Å². The molecule has 0 spiro atoms. The van der Waals surface area contributed by atoms with Crippen LogP contribution < -0.4 is 0 Å².